The maximum absolute atomic E-state index is 12.1. The Labute approximate surface area is 200 Å². The van der Waals surface area contributed by atoms with E-state index in [9.17, 15) is 13.2 Å². The van der Waals surface area contributed by atoms with E-state index >= 15 is 0 Å². The van der Waals surface area contributed by atoms with Crippen molar-refractivity contribution in [1.82, 2.24) is 29.6 Å². The van der Waals surface area contributed by atoms with Crippen molar-refractivity contribution in [3.8, 4) is 11.3 Å². The van der Waals surface area contributed by atoms with Crippen LogP contribution in [0.5, 0.6) is 0 Å². The van der Waals surface area contributed by atoms with E-state index in [1.54, 1.807) is 35.1 Å². The van der Waals surface area contributed by atoms with Crippen LogP contribution in [-0.4, -0.2) is 57.5 Å². The monoisotopic (exact) mass is 491 g/mol. The van der Waals surface area contributed by atoms with Gasteiger partial charge in [-0.25, -0.2) is 18.4 Å². The summed E-state index contributed by atoms with van der Waals surface area (Å²) in [6.45, 7) is 0.849. The summed E-state index contributed by atoms with van der Waals surface area (Å²) in [5, 5.41) is 9.20. The number of aromatic nitrogens is 5. The number of rotatable bonds is 3. The van der Waals surface area contributed by atoms with E-state index in [0.29, 0.717) is 52.0 Å². The Morgan fingerprint density at radius 1 is 1.11 bits per heavy atom. The van der Waals surface area contributed by atoms with E-state index in [4.69, 9.17) is 5.73 Å². The van der Waals surface area contributed by atoms with Crippen molar-refractivity contribution in [2.24, 2.45) is 0 Å². The number of nitrogen functional groups attached to an aromatic ring is 1. The highest BCUT2D eigenvalue weighted by Crippen LogP contribution is 2.32. The first kappa shape index (κ1) is 21.3. The van der Waals surface area contributed by atoms with E-state index in [0.717, 1.165) is 17.5 Å². The number of anilines is 4. The number of carbonyl (C=O) groups excluding carboxylic acids is 1. The highest BCUT2D eigenvalue weighted by atomic mass is 32.2. The Kier molecular flexibility index (Phi) is 4.64. The third kappa shape index (κ3) is 3.89. The van der Waals surface area contributed by atoms with Crippen molar-refractivity contribution in [1.29, 1.82) is 0 Å². The molecule has 0 atom stereocenters. The number of nitrogens with two attached hydrogens (primary N) is 1. The normalized spacial score (nSPS) is 16.5. The van der Waals surface area contributed by atoms with Gasteiger partial charge in [-0.15, -0.1) is 0 Å². The SMILES string of the molecule is CN1CCc2cc(Nc3cc4cc(-c5cnc6c(c5)NS(=O)(=O)C6)nc(N)c4cn3)nn2CC1=O. The molecule has 0 unspecified atom stereocenters. The fourth-order valence-corrected chi connectivity index (χ4v) is 5.43. The van der Waals surface area contributed by atoms with E-state index in [2.05, 4.69) is 30.1 Å². The molecule has 13 heteroatoms. The van der Waals surface area contributed by atoms with E-state index < -0.39 is 10.0 Å². The minimum absolute atomic E-state index is 0.0200. The van der Waals surface area contributed by atoms with Gasteiger partial charge < -0.3 is 16.0 Å². The zero-order chi connectivity index (χ0) is 24.3. The van der Waals surface area contributed by atoms with Crippen LogP contribution in [0.3, 0.4) is 0 Å². The molecule has 4 aromatic rings. The van der Waals surface area contributed by atoms with Gasteiger partial charge in [-0.3, -0.25) is 19.2 Å². The zero-order valence-electron chi connectivity index (χ0n) is 18.7. The third-order valence-electron chi connectivity index (χ3n) is 6.14. The molecule has 6 rings (SSSR count). The molecule has 0 radical (unpaired) electrons. The number of fused-ring (bicyclic) bond motifs is 3. The molecular weight excluding hydrogens is 470 g/mol. The number of hydrogen-bond donors (Lipinski definition) is 3. The van der Waals surface area contributed by atoms with Crippen LogP contribution in [0.2, 0.25) is 0 Å². The van der Waals surface area contributed by atoms with Crippen LogP contribution >= 0.6 is 0 Å². The second-order valence-corrected chi connectivity index (χ2v) is 10.4. The first-order chi connectivity index (χ1) is 16.7. The Balaban J connectivity index is 1.32. The van der Waals surface area contributed by atoms with E-state index in [1.165, 1.54) is 0 Å². The average Bonchev–Trinajstić information content (AvgIpc) is 3.30. The molecular formula is C22H21N9O3S. The van der Waals surface area contributed by atoms with Crippen LogP contribution in [-0.2, 0) is 33.5 Å². The molecule has 35 heavy (non-hydrogen) atoms. The number of likely N-dealkylation sites (N-methyl/N-ethyl adjacent to an activating group) is 1. The van der Waals surface area contributed by atoms with Gasteiger partial charge in [0.15, 0.2) is 5.82 Å². The van der Waals surface area contributed by atoms with E-state index in [-0.39, 0.29) is 18.2 Å². The first-order valence-electron chi connectivity index (χ1n) is 10.9. The summed E-state index contributed by atoms with van der Waals surface area (Å²) in [7, 11) is -1.60. The second kappa shape index (κ2) is 7.63. The van der Waals surface area contributed by atoms with Crippen LogP contribution < -0.4 is 15.8 Å². The Bertz CT molecular complexity index is 1630. The summed E-state index contributed by atoms with van der Waals surface area (Å²) < 4.78 is 27.9. The Hall–Kier alpha value is -4.26. The Morgan fingerprint density at radius 3 is 2.83 bits per heavy atom. The molecule has 4 aromatic heterocycles. The molecule has 178 valence electrons. The fourth-order valence-electron chi connectivity index (χ4n) is 4.25. The molecule has 1 amide bonds. The predicted molar refractivity (Wildman–Crippen MR) is 130 cm³/mol. The number of sulfonamides is 1. The number of amides is 1. The molecule has 6 heterocycles. The topological polar surface area (TPSA) is 161 Å². The second-order valence-electron chi connectivity index (χ2n) is 8.63. The molecule has 2 aliphatic heterocycles. The third-order valence-corrected chi connectivity index (χ3v) is 7.32. The lowest BCUT2D eigenvalue weighted by Crippen LogP contribution is -2.29. The number of nitrogens with zero attached hydrogens (tertiary/aromatic N) is 6. The Morgan fingerprint density at radius 2 is 1.97 bits per heavy atom. The lowest BCUT2D eigenvalue weighted by Gasteiger charge is -2.12. The molecule has 0 bridgehead atoms. The summed E-state index contributed by atoms with van der Waals surface area (Å²) in [4.78, 5) is 27.0. The quantitative estimate of drug-likeness (QED) is 0.385. The minimum atomic E-state index is -3.39. The first-order valence-corrected chi connectivity index (χ1v) is 12.5. The van der Waals surface area contributed by atoms with Crippen molar-refractivity contribution >= 4 is 49.8 Å². The number of hydrogen-bond acceptors (Lipinski definition) is 9. The number of carbonyl (C=O) groups is 1. The lowest BCUT2D eigenvalue weighted by atomic mass is 10.1. The zero-order valence-corrected chi connectivity index (χ0v) is 19.5. The minimum Gasteiger partial charge on any atom is -0.383 e. The molecule has 0 aromatic carbocycles. The van der Waals surface area contributed by atoms with Crippen molar-refractivity contribution in [3.63, 3.8) is 0 Å². The molecule has 0 fully saturated rings. The molecule has 0 saturated carbocycles. The maximum atomic E-state index is 12.1. The van der Waals surface area contributed by atoms with Gasteiger partial charge in [0.1, 0.15) is 23.9 Å². The van der Waals surface area contributed by atoms with Crippen LogP contribution in [0.4, 0.5) is 23.1 Å². The maximum Gasteiger partial charge on any atom is 0.244 e. The van der Waals surface area contributed by atoms with Gasteiger partial charge in [0.05, 0.1) is 17.1 Å². The van der Waals surface area contributed by atoms with Gasteiger partial charge in [0.2, 0.25) is 15.9 Å². The molecule has 4 N–H and O–H groups in total. The smallest absolute Gasteiger partial charge is 0.244 e. The summed E-state index contributed by atoms with van der Waals surface area (Å²) in [5.41, 5.74) is 9.30. The summed E-state index contributed by atoms with van der Waals surface area (Å²) >= 11 is 0. The van der Waals surface area contributed by atoms with Gasteiger partial charge in [0.25, 0.3) is 0 Å². The van der Waals surface area contributed by atoms with E-state index in [1.807, 2.05) is 18.2 Å². The highest BCUT2D eigenvalue weighted by Gasteiger charge is 2.25. The number of nitrogens with one attached hydrogen (secondary N) is 2. The lowest BCUT2D eigenvalue weighted by molar-refractivity contribution is -0.130. The van der Waals surface area contributed by atoms with Crippen LogP contribution in [0.15, 0.2) is 36.7 Å². The van der Waals surface area contributed by atoms with Crippen molar-refractivity contribution in [3.05, 3.63) is 48.0 Å². The largest absolute Gasteiger partial charge is 0.383 e. The van der Waals surface area contributed by atoms with Gasteiger partial charge in [0, 0.05) is 55.1 Å². The highest BCUT2D eigenvalue weighted by molar-refractivity contribution is 7.92. The van der Waals surface area contributed by atoms with Crippen molar-refractivity contribution in [2.75, 3.05) is 29.4 Å². The summed E-state index contributed by atoms with van der Waals surface area (Å²) in [6, 6.07) is 7.31. The molecule has 2 aliphatic rings. The van der Waals surface area contributed by atoms with Gasteiger partial charge in [-0.05, 0) is 23.6 Å². The summed E-state index contributed by atoms with van der Waals surface area (Å²) in [5.74, 6) is 1.34. The van der Waals surface area contributed by atoms with Crippen LogP contribution in [0.1, 0.15) is 11.4 Å². The molecule has 0 aliphatic carbocycles. The van der Waals surface area contributed by atoms with Crippen LogP contribution in [0.25, 0.3) is 22.0 Å². The van der Waals surface area contributed by atoms with Crippen molar-refractivity contribution < 1.29 is 13.2 Å². The molecule has 12 nitrogen and oxygen atoms in total. The summed E-state index contributed by atoms with van der Waals surface area (Å²) in [6.07, 6.45) is 3.95. The molecule has 0 saturated heterocycles. The van der Waals surface area contributed by atoms with Crippen LogP contribution in [0, 0.1) is 0 Å². The fraction of sp³-hybridized carbons (Fsp3) is 0.227. The van der Waals surface area contributed by atoms with Crippen molar-refractivity contribution in [2.45, 2.75) is 18.7 Å². The van der Waals surface area contributed by atoms with Gasteiger partial charge in [-0.2, -0.15) is 5.10 Å². The van der Waals surface area contributed by atoms with Gasteiger partial charge >= 0.3 is 0 Å². The van der Waals surface area contributed by atoms with Gasteiger partial charge in [-0.1, -0.05) is 0 Å². The molecule has 0 spiro atoms. The standard InChI is InChI=1S/C22H21N9O3S/c1-30-3-2-14-7-20(28-31(14)10-21(30)32)27-19-6-12-4-16(26-22(23)15(12)9-25-19)13-5-17-18(24-8-13)11-35(33,34)29-17/h4-9,29H,2-3,10-11H2,1H3,(H2,23,26)(H,25,27,28). The average molecular weight is 492 g/mol. The predicted octanol–water partition coefficient (Wildman–Crippen LogP) is 1.48. The number of pyridine rings is 3.